The van der Waals surface area contributed by atoms with Crippen LogP contribution >= 0.6 is 0 Å². The van der Waals surface area contributed by atoms with Gasteiger partial charge in [0.15, 0.2) is 0 Å². The fourth-order valence-corrected chi connectivity index (χ4v) is 2.86. The molecule has 1 aliphatic rings. The lowest BCUT2D eigenvalue weighted by Gasteiger charge is -2.44. The van der Waals surface area contributed by atoms with Crippen molar-refractivity contribution >= 4 is 11.9 Å². The number of amides is 1. The summed E-state index contributed by atoms with van der Waals surface area (Å²) in [5.41, 5.74) is 5.17. The second kappa shape index (κ2) is 6.86. The van der Waals surface area contributed by atoms with Crippen molar-refractivity contribution in [3.8, 4) is 0 Å². The number of nitrogens with zero attached hydrogens (tertiary/aromatic N) is 1. The van der Waals surface area contributed by atoms with Crippen LogP contribution < -0.4 is 5.73 Å². The fourth-order valence-electron chi connectivity index (χ4n) is 2.86. The van der Waals surface area contributed by atoms with E-state index < -0.39 is 17.6 Å². The fraction of sp³-hybridized carbons (Fsp3) is 0.846. The lowest BCUT2D eigenvalue weighted by Crippen LogP contribution is -2.57. The Balaban J connectivity index is 2.84. The highest BCUT2D eigenvalue weighted by Crippen LogP contribution is 2.36. The summed E-state index contributed by atoms with van der Waals surface area (Å²) in [6, 6.07) is -0.734. The van der Waals surface area contributed by atoms with Crippen molar-refractivity contribution in [2.45, 2.75) is 50.1 Å². The lowest BCUT2D eigenvalue weighted by atomic mass is 9.78. The Hall–Kier alpha value is -1.14. The van der Waals surface area contributed by atoms with Gasteiger partial charge in [0.05, 0.1) is 18.6 Å². The molecule has 0 bridgehead atoms. The van der Waals surface area contributed by atoms with Gasteiger partial charge in [0.2, 0.25) is 5.91 Å². The SMILES string of the molecule is COCC(N)C(=O)N(C)C1(CC(=O)O)CCCCC1. The average Bonchev–Trinajstić information content (AvgIpc) is 2.37. The monoisotopic (exact) mass is 272 g/mol. The Morgan fingerprint density at radius 1 is 1.37 bits per heavy atom. The number of hydrogen-bond acceptors (Lipinski definition) is 4. The van der Waals surface area contributed by atoms with Gasteiger partial charge in [0, 0.05) is 14.2 Å². The van der Waals surface area contributed by atoms with E-state index in [2.05, 4.69) is 0 Å². The van der Waals surface area contributed by atoms with Crippen molar-refractivity contribution in [3.05, 3.63) is 0 Å². The summed E-state index contributed by atoms with van der Waals surface area (Å²) in [6.07, 6.45) is 4.42. The van der Waals surface area contributed by atoms with Crippen LogP contribution in [0.25, 0.3) is 0 Å². The smallest absolute Gasteiger partial charge is 0.305 e. The highest BCUT2D eigenvalue weighted by Gasteiger charge is 2.41. The van der Waals surface area contributed by atoms with Crippen LogP contribution in [0.4, 0.5) is 0 Å². The molecule has 1 rings (SSSR count). The number of carboxylic acids is 1. The van der Waals surface area contributed by atoms with Gasteiger partial charge in [-0.15, -0.1) is 0 Å². The zero-order chi connectivity index (χ0) is 14.5. The average molecular weight is 272 g/mol. The molecule has 3 N–H and O–H groups in total. The van der Waals surface area contributed by atoms with Gasteiger partial charge in [-0.25, -0.2) is 0 Å². The number of carboxylic acid groups (broad SMARTS) is 1. The van der Waals surface area contributed by atoms with Crippen LogP contribution in [0.15, 0.2) is 0 Å². The van der Waals surface area contributed by atoms with E-state index in [-0.39, 0.29) is 18.9 Å². The third-order valence-corrected chi connectivity index (χ3v) is 3.97. The number of hydrogen-bond donors (Lipinski definition) is 2. The molecule has 0 aromatic heterocycles. The summed E-state index contributed by atoms with van der Waals surface area (Å²) in [5.74, 6) is -1.12. The first kappa shape index (κ1) is 15.9. The molecular formula is C13H24N2O4. The Bertz CT molecular complexity index is 327. The molecule has 19 heavy (non-hydrogen) atoms. The quantitative estimate of drug-likeness (QED) is 0.738. The number of carbonyl (C=O) groups is 2. The van der Waals surface area contributed by atoms with Crippen molar-refractivity contribution in [3.63, 3.8) is 0 Å². The van der Waals surface area contributed by atoms with E-state index in [0.29, 0.717) is 0 Å². The Kier molecular flexibility index (Phi) is 5.75. The maximum atomic E-state index is 12.2. The molecule has 6 nitrogen and oxygen atoms in total. The van der Waals surface area contributed by atoms with Crippen LogP contribution in [0.2, 0.25) is 0 Å². The van der Waals surface area contributed by atoms with Crippen molar-refractivity contribution in [1.29, 1.82) is 0 Å². The zero-order valence-electron chi connectivity index (χ0n) is 11.7. The summed E-state index contributed by atoms with van der Waals surface area (Å²) in [7, 11) is 3.15. The topological polar surface area (TPSA) is 92.9 Å². The van der Waals surface area contributed by atoms with E-state index in [0.717, 1.165) is 32.1 Å². The molecule has 0 radical (unpaired) electrons. The molecule has 6 heteroatoms. The number of nitrogens with two attached hydrogens (primary N) is 1. The Morgan fingerprint density at radius 3 is 2.42 bits per heavy atom. The molecule has 0 aromatic rings. The molecular weight excluding hydrogens is 248 g/mol. The van der Waals surface area contributed by atoms with Crippen molar-refractivity contribution in [1.82, 2.24) is 4.90 Å². The third kappa shape index (κ3) is 3.91. The zero-order valence-corrected chi connectivity index (χ0v) is 11.7. The standard InChI is InChI=1S/C13H24N2O4/c1-15(12(18)10(14)9-19-2)13(8-11(16)17)6-4-3-5-7-13/h10H,3-9,14H2,1-2H3,(H,16,17). The van der Waals surface area contributed by atoms with Gasteiger partial charge in [-0.3, -0.25) is 9.59 Å². The molecule has 0 spiro atoms. The third-order valence-electron chi connectivity index (χ3n) is 3.97. The van der Waals surface area contributed by atoms with Crippen LogP contribution in [-0.2, 0) is 14.3 Å². The van der Waals surface area contributed by atoms with Crippen molar-refractivity contribution in [2.24, 2.45) is 5.73 Å². The largest absolute Gasteiger partial charge is 0.481 e. The Labute approximate surface area is 113 Å². The molecule has 0 aromatic carbocycles. The van der Waals surface area contributed by atoms with Crippen LogP contribution in [0.1, 0.15) is 38.5 Å². The molecule has 1 aliphatic carbocycles. The van der Waals surface area contributed by atoms with Gasteiger partial charge in [-0.05, 0) is 12.8 Å². The van der Waals surface area contributed by atoms with Gasteiger partial charge >= 0.3 is 5.97 Å². The minimum absolute atomic E-state index is 0.0189. The summed E-state index contributed by atoms with van der Waals surface area (Å²) < 4.78 is 4.89. The van der Waals surface area contributed by atoms with Crippen LogP contribution in [0.3, 0.4) is 0 Å². The molecule has 0 aliphatic heterocycles. The number of rotatable bonds is 6. The molecule has 110 valence electrons. The van der Waals surface area contributed by atoms with Crippen LogP contribution in [0, 0.1) is 0 Å². The molecule has 1 amide bonds. The number of methoxy groups -OCH3 is 1. The Morgan fingerprint density at radius 2 is 1.95 bits per heavy atom. The minimum Gasteiger partial charge on any atom is -0.481 e. The van der Waals surface area contributed by atoms with Gasteiger partial charge in [0.1, 0.15) is 6.04 Å². The van der Waals surface area contributed by atoms with E-state index in [1.165, 1.54) is 7.11 Å². The highest BCUT2D eigenvalue weighted by atomic mass is 16.5. The molecule has 0 heterocycles. The van der Waals surface area contributed by atoms with E-state index in [1.54, 1.807) is 11.9 Å². The summed E-state index contributed by atoms with van der Waals surface area (Å²) >= 11 is 0. The summed E-state index contributed by atoms with van der Waals surface area (Å²) in [6.45, 7) is 0.145. The summed E-state index contributed by atoms with van der Waals surface area (Å²) in [5, 5.41) is 9.11. The second-order valence-electron chi connectivity index (χ2n) is 5.31. The first-order valence-electron chi connectivity index (χ1n) is 6.67. The van der Waals surface area contributed by atoms with E-state index in [1.807, 2.05) is 0 Å². The van der Waals surface area contributed by atoms with Crippen LogP contribution in [0.5, 0.6) is 0 Å². The van der Waals surface area contributed by atoms with Gasteiger partial charge in [0.25, 0.3) is 0 Å². The molecule has 1 saturated carbocycles. The van der Waals surface area contributed by atoms with Crippen molar-refractivity contribution in [2.75, 3.05) is 20.8 Å². The van der Waals surface area contributed by atoms with E-state index in [4.69, 9.17) is 15.6 Å². The normalized spacial score (nSPS) is 19.7. The minimum atomic E-state index is -0.873. The molecule has 0 saturated heterocycles. The number of carbonyl (C=O) groups excluding carboxylic acids is 1. The predicted octanol–water partition coefficient (Wildman–Crippen LogP) is 0.596. The number of likely N-dealkylation sites (N-methyl/N-ethyl adjacent to an activating group) is 1. The van der Waals surface area contributed by atoms with E-state index >= 15 is 0 Å². The molecule has 1 atom stereocenters. The van der Waals surface area contributed by atoms with Gasteiger partial charge < -0.3 is 20.5 Å². The van der Waals surface area contributed by atoms with Gasteiger partial charge in [-0.2, -0.15) is 0 Å². The molecule has 1 fully saturated rings. The van der Waals surface area contributed by atoms with Crippen LogP contribution in [-0.4, -0.2) is 54.2 Å². The number of ether oxygens (including phenoxy) is 1. The second-order valence-corrected chi connectivity index (χ2v) is 5.31. The highest BCUT2D eigenvalue weighted by molar-refractivity contribution is 5.83. The summed E-state index contributed by atoms with van der Waals surface area (Å²) in [4.78, 5) is 24.9. The van der Waals surface area contributed by atoms with Gasteiger partial charge in [-0.1, -0.05) is 19.3 Å². The number of aliphatic carboxylic acids is 1. The maximum absolute atomic E-state index is 12.2. The van der Waals surface area contributed by atoms with Crippen molar-refractivity contribution < 1.29 is 19.4 Å². The molecule has 1 unspecified atom stereocenters. The first-order valence-corrected chi connectivity index (χ1v) is 6.67. The maximum Gasteiger partial charge on any atom is 0.305 e. The lowest BCUT2D eigenvalue weighted by molar-refractivity contribution is -0.147. The first-order chi connectivity index (χ1) is 8.93. The van der Waals surface area contributed by atoms with E-state index in [9.17, 15) is 9.59 Å². The predicted molar refractivity (Wildman–Crippen MR) is 70.7 cm³/mol.